The van der Waals surface area contributed by atoms with Crippen molar-refractivity contribution >= 4 is 5.97 Å². The first-order chi connectivity index (χ1) is 10.2. The van der Waals surface area contributed by atoms with E-state index in [9.17, 15) is 4.79 Å². The second-order valence-electron chi connectivity index (χ2n) is 5.97. The number of esters is 1. The summed E-state index contributed by atoms with van der Waals surface area (Å²) < 4.78 is 16.3. The Morgan fingerprint density at radius 1 is 1.33 bits per heavy atom. The molecule has 0 spiro atoms. The summed E-state index contributed by atoms with van der Waals surface area (Å²) in [4.78, 5) is 12.4. The fourth-order valence-corrected chi connectivity index (χ4v) is 2.91. The highest BCUT2D eigenvalue weighted by atomic mass is 16.5. The highest BCUT2D eigenvalue weighted by Gasteiger charge is 2.43. The second-order valence-corrected chi connectivity index (χ2v) is 5.97. The van der Waals surface area contributed by atoms with Gasteiger partial charge in [0.25, 0.3) is 0 Å². The van der Waals surface area contributed by atoms with Gasteiger partial charge in [0.1, 0.15) is 5.75 Å². The lowest BCUT2D eigenvalue weighted by molar-refractivity contribution is -0.151. The Bertz CT molecular complexity index is 501. The standard InChI is InChI=1S/C17H22O4/c1-19-16(18)17(7-9-20-10-8-17)14-3-2-4-15(11-14)21-12-13-5-6-13/h2-4,11,13H,5-10,12H2,1H3. The molecule has 1 aromatic carbocycles. The lowest BCUT2D eigenvalue weighted by Gasteiger charge is -2.35. The predicted octanol–water partition coefficient (Wildman–Crippen LogP) is 2.70. The molecule has 1 aromatic rings. The van der Waals surface area contributed by atoms with Gasteiger partial charge in [-0.15, -0.1) is 0 Å². The number of hydrogen-bond donors (Lipinski definition) is 0. The third kappa shape index (κ3) is 3.05. The average Bonchev–Trinajstić information content (AvgIpc) is 3.37. The molecule has 0 radical (unpaired) electrons. The zero-order valence-electron chi connectivity index (χ0n) is 12.5. The Balaban J connectivity index is 1.83. The lowest BCUT2D eigenvalue weighted by Crippen LogP contribution is -2.42. The topological polar surface area (TPSA) is 44.8 Å². The first-order valence-corrected chi connectivity index (χ1v) is 7.64. The summed E-state index contributed by atoms with van der Waals surface area (Å²) in [5, 5.41) is 0. The minimum atomic E-state index is -0.591. The van der Waals surface area contributed by atoms with Crippen molar-refractivity contribution in [3.63, 3.8) is 0 Å². The molecule has 1 saturated carbocycles. The molecule has 0 atom stereocenters. The molecular formula is C17H22O4. The summed E-state index contributed by atoms with van der Waals surface area (Å²) >= 11 is 0. The van der Waals surface area contributed by atoms with E-state index in [0.717, 1.165) is 17.9 Å². The van der Waals surface area contributed by atoms with Gasteiger partial charge in [-0.05, 0) is 49.3 Å². The van der Waals surface area contributed by atoms with Crippen LogP contribution in [0.1, 0.15) is 31.2 Å². The Labute approximate surface area is 125 Å². The summed E-state index contributed by atoms with van der Waals surface area (Å²) in [5.74, 6) is 1.38. The van der Waals surface area contributed by atoms with Crippen LogP contribution >= 0.6 is 0 Å². The van der Waals surface area contributed by atoms with Gasteiger partial charge in [0.2, 0.25) is 0 Å². The van der Waals surface area contributed by atoms with E-state index >= 15 is 0 Å². The molecule has 0 amide bonds. The molecule has 2 fully saturated rings. The van der Waals surface area contributed by atoms with Crippen LogP contribution < -0.4 is 4.74 Å². The molecule has 2 aliphatic rings. The third-order valence-electron chi connectivity index (χ3n) is 4.49. The first-order valence-electron chi connectivity index (χ1n) is 7.64. The van der Waals surface area contributed by atoms with Gasteiger partial charge in [0.05, 0.1) is 19.1 Å². The normalized spacial score (nSPS) is 20.8. The molecule has 4 nitrogen and oxygen atoms in total. The number of hydrogen-bond acceptors (Lipinski definition) is 4. The number of benzene rings is 1. The fraction of sp³-hybridized carbons (Fsp3) is 0.588. The smallest absolute Gasteiger partial charge is 0.316 e. The van der Waals surface area contributed by atoms with E-state index in [0.29, 0.717) is 32.0 Å². The molecule has 114 valence electrons. The van der Waals surface area contributed by atoms with Gasteiger partial charge in [0, 0.05) is 13.2 Å². The SMILES string of the molecule is COC(=O)C1(c2cccc(OCC3CC3)c2)CCOCC1. The van der Waals surface area contributed by atoms with Crippen molar-refractivity contribution in [1.82, 2.24) is 0 Å². The van der Waals surface area contributed by atoms with Crippen LogP contribution in [-0.2, 0) is 19.7 Å². The number of carbonyl (C=O) groups excluding carboxylic acids is 1. The van der Waals surface area contributed by atoms with Crippen molar-refractivity contribution in [2.45, 2.75) is 31.1 Å². The highest BCUT2D eigenvalue weighted by Crippen LogP contribution is 2.38. The summed E-state index contributed by atoms with van der Waals surface area (Å²) in [7, 11) is 1.45. The van der Waals surface area contributed by atoms with Crippen LogP contribution in [0.15, 0.2) is 24.3 Å². The van der Waals surface area contributed by atoms with E-state index in [1.54, 1.807) is 0 Å². The van der Waals surface area contributed by atoms with Crippen LogP contribution in [0.25, 0.3) is 0 Å². The molecule has 21 heavy (non-hydrogen) atoms. The van der Waals surface area contributed by atoms with Crippen molar-refractivity contribution in [3.8, 4) is 5.75 Å². The minimum absolute atomic E-state index is 0.176. The van der Waals surface area contributed by atoms with E-state index in [1.807, 2.05) is 24.3 Å². The minimum Gasteiger partial charge on any atom is -0.493 e. The Morgan fingerprint density at radius 3 is 2.76 bits per heavy atom. The van der Waals surface area contributed by atoms with E-state index in [4.69, 9.17) is 14.2 Å². The largest absolute Gasteiger partial charge is 0.493 e. The maximum absolute atomic E-state index is 12.4. The predicted molar refractivity (Wildman–Crippen MR) is 78.4 cm³/mol. The maximum Gasteiger partial charge on any atom is 0.316 e. The van der Waals surface area contributed by atoms with E-state index in [2.05, 4.69) is 0 Å². The van der Waals surface area contributed by atoms with E-state index in [1.165, 1.54) is 20.0 Å². The van der Waals surface area contributed by atoms with Crippen LogP contribution in [-0.4, -0.2) is 32.9 Å². The van der Waals surface area contributed by atoms with Gasteiger partial charge in [0.15, 0.2) is 0 Å². The zero-order valence-corrected chi connectivity index (χ0v) is 12.5. The number of carbonyl (C=O) groups is 1. The first kappa shape index (κ1) is 14.4. The van der Waals surface area contributed by atoms with Crippen molar-refractivity contribution in [2.24, 2.45) is 5.92 Å². The van der Waals surface area contributed by atoms with Gasteiger partial charge in [-0.2, -0.15) is 0 Å². The Morgan fingerprint density at radius 2 is 2.10 bits per heavy atom. The van der Waals surface area contributed by atoms with Crippen molar-refractivity contribution in [3.05, 3.63) is 29.8 Å². The summed E-state index contributed by atoms with van der Waals surface area (Å²) in [5.41, 5.74) is 0.386. The molecule has 0 unspecified atom stereocenters. The third-order valence-corrected chi connectivity index (χ3v) is 4.49. The van der Waals surface area contributed by atoms with Gasteiger partial charge < -0.3 is 14.2 Å². The molecule has 1 heterocycles. The number of ether oxygens (including phenoxy) is 3. The molecule has 0 bridgehead atoms. The Hall–Kier alpha value is -1.55. The quantitative estimate of drug-likeness (QED) is 0.782. The molecule has 4 heteroatoms. The molecule has 1 aliphatic carbocycles. The van der Waals surface area contributed by atoms with E-state index in [-0.39, 0.29) is 5.97 Å². The molecule has 1 aliphatic heterocycles. The van der Waals surface area contributed by atoms with Crippen LogP contribution in [0.5, 0.6) is 5.75 Å². The Kier molecular flexibility index (Phi) is 4.15. The number of methoxy groups -OCH3 is 1. The van der Waals surface area contributed by atoms with E-state index < -0.39 is 5.41 Å². The average molecular weight is 290 g/mol. The number of rotatable bonds is 5. The fourth-order valence-electron chi connectivity index (χ4n) is 2.91. The van der Waals surface area contributed by atoms with Crippen LogP contribution in [0, 0.1) is 5.92 Å². The maximum atomic E-state index is 12.4. The lowest BCUT2D eigenvalue weighted by atomic mass is 9.74. The second kappa shape index (κ2) is 6.06. The van der Waals surface area contributed by atoms with Crippen LogP contribution in [0.3, 0.4) is 0 Å². The zero-order chi connectivity index (χ0) is 14.7. The highest BCUT2D eigenvalue weighted by molar-refractivity contribution is 5.83. The van der Waals surface area contributed by atoms with Crippen molar-refractivity contribution < 1.29 is 19.0 Å². The van der Waals surface area contributed by atoms with Gasteiger partial charge in [-0.3, -0.25) is 4.79 Å². The van der Waals surface area contributed by atoms with Crippen LogP contribution in [0.2, 0.25) is 0 Å². The van der Waals surface area contributed by atoms with Gasteiger partial charge in [-0.25, -0.2) is 0 Å². The summed E-state index contributed by atoms with van der Waals surface area (Å²) in [6, 6.07) is 7.89. The molecule has 1 saturated heterocycles. The monoisotopic (exact) mass is 290 g/mol. The molecule has 0 aromatic heterocycles. The summed E-state index contributed by atoms with van der Waals surface area (Å²) in [6.07, 6.45) is 3.85. The van der Waals surface area contributed by atoms with Crippen LogP contribution in [0.4, 0.5) is 0 Å². The summed E-state index contributed by atoms with van der Waals surface area (Å²) in [6.45, 7) is 1.95. The van der Waals surface area contributed by atoms with Gasteiger partial charge in [-0.1, -0.05) is 12.1 Å². The van der Waals surface area contributed by atoms with Crippen molar-refractivity contribution in [2.75, 3.05) is 26.9 Å². The molecule has 3 rings (SSSR count). The molecular weight excluding hydrogens is 268 g/mol. The van der Waals surface area contributed by atoms with Gasteiger partial charge >= 0.3 is 5.97 Å². The van der Waals surface area contributed by atoms with Crippen molar-refractivity contribution in [1.29, 1.82) is 0 Å². The molecule has 0 N–H and O–H groups in total.